The largest absolute Gasteiger partial charge is 0.497 e. The van der Waals surface area contributed by atoms with Crippen LogP contribution >= 0.6 is 0 Å². The summed E-state index contributed by atoms with van der Waals surface area (Å²) in [6.45, 7) is 1.75. The molecule has 2 aliphatic rings. The fraction of sp³-hybridized carbons (Fsp3) is 0.211. The van der Waals surface area contributed by atoms with E-state index in [0.717, 1.165) is 6.07 Å². The van der Waals surface area contributed by atoms with Crippen molar-refractivity contribution in [3.8, 4) is 5.75 Å². The van der Waals surface area contributed by atoms with Crippen LogP contribution in [0.5, 0.6) is 5.75 Å². The van der Waals surface area contributed by atoms with Gasteiger partial charge in [-0.15, -0.1) is 0 Å². The van der Waals surface area contributed by atoms with Gasteiger partial charge in [0.25, 0.3) is 0 Å². The van der Waals surface area contributed by atoms with Gasteiger partial charge >= 0.3 is 6.18 Å². The molecule has 0 aliphatic carbocycles. The molecule has 0 amide bonds. The maximum Gasteiger partial charge on any atom is 0.433 e. The topological polar surface area (TPSA) is 88.1 Å². The van der Waals surface area contributed by atoms with Gasteiger partial charge in [-0.25, -0.2) is 25.4 Å². The molecule has 0 unspecified atom stereocenters. The third-order valence-corrected chi connectivity index (χ3v) is 4.48. The normalized spacial score (nSPS) is 16.5. The van der Waals surface area contributed by atoms with Crippen molar-refractivity contribution in [3.63, 3.8) is 0 Å². The quantitative estimate of drug-likeness (QED) is 0.824. The molecule has 0 fully saturated rings. The van der Waals surface area contributed by atoms with Gasteiger partial charge < -0.3 is 10.5 Å². The van der Waals surface area contributed by atoms with Gasteiger partial charge in [-0.1, -0.05) is 0 Å². The maximum atomic E-state index is 13.4. The van der Waals surface area contributed by atoms with Crippen LogP contribution in [-0.4, -0.2) is 35.6 Å². The number of guanidine groups is 1. The second-order valence-corrected chi connectivity index (χ2v) is 6.44. The molecule has 0 spiro atoms. The monoisotopic (exact) mass is 402 g/mol. The molecule has 3 heterocycles. The van der Waals surface area contributed by atoms with Crippen molar-refractivity contribution in [3.05, 3.63) is 58.9 Å². The van der Waals surface area contributed by atoms with Crippen LogP contribution in [0, 0.1) is 6.92 Å². The van der Waals surface area contributed by atoms with Crippen LogP contribution in [0.25, 0.3) is 11.3 Å². The standard InChI is InChI=1S/C19H17F3N6O/c1-10-7-12(8-14(26-10)19(20,21)22)15-16(11-3-5-13(29-2)6-4-11)27-18(23)28-17(15)24-9-25-28/h3-8,25H,9H2,1-2H3,(H2,23,27). The predicted molar refractivity (Wildman–Crippen MR) is 103 cm³/mol. The van der Waals surface area contributed by atoms with Crippen molar-refractivity contribution in [1.82, 2.24) is 15.4 Å². The van der Waals surface area contributed by atoms with Crippen molar-refractivity contribution in [2.75, 3.05) is 13.8 Å². The number of methoxy groups -OCH3 is 1. The number of hydrogen-bond acceptors (Lipinski definition) is 7. The molecule has 3 N–H and O–H groups in total. The smallest absolute Gasteiger partial charge is 0.433 e. The number of fused-ring (bicyclic) bond motifs is 1. The molecule has 4 rings (SSSR count). The number of benzene rings is 1. The zero-order valence-electron chi connectivity index (χ0n) is 15.6. The van der Waals surface area contributed by atoms with Crippen LogP contribution < -0.4 is 15.9 Å². The molecule has 150 valence electrons. The Morgan fingerprint density at radius 2 is 1.86 bits per heavy atom. The number of hydrazine groups is 1. The van der Waals surface area contributed by atoms with E-state index >= 15 is 0 Å². The Balaban J connectivity index is 1.97. The number of rotatable bonds is 3. The minimum atomic E-state index is -4.58. The number of aliphatic imine (C=N–C) groups is 2. The van der Waals surface area contributed by atoms with E-state index in [0.29, 0.717) is 34.0 Å². The second kappa shape index (κ2) is 6.89. The highest BCUT2D eigenvalue weighted by molar-refractivity contribution is 6.35. The first-order valence-corrected chi connectivity index (χ1v) is 8.65. The summed E-state index contributed by atoms with van der Waals surface area (Å²) < 4.78 is 45.2. The zero-order chi connectivity index (χ0) is 20.8. The number of halogens is 3. The molecule has 2 aliphatic heterocycles. The molecule has 1 aromatic carbocycles. The third kappa shape index (κ3) is 3.42. The lowest BCUT2D eigenvalue weighted by Gasteiger charge is -2.27. The van der Waals surface area contributed by atoms with Gasteiger partial charge in [0.1, 0.15) is 18.1 Å². The molecule has 29 heavy (non-hydrogen) atoms. The van der Waals surface area contributed by atoms with Gasteiger partial charge in [0.15, 0.2) is 5.84 Å². The van der Waals surface area contributed by atoms with Crippen molar-refractivity contribution in [1.29, 1.82) is 0 Å². The molecule has 0 atom stereocenters. The molecule has 2 aromatic rings. The minimum Gasteiger partial charge on any atom is -0.497 e. The first kappa shape index (κ1) is 18.9. The number of hydrogen-bond donors (Lipinski definition) is 2. The maximum absolute atomic E-state index is 13.4. The Kier molecular flexibility index (Phi) is 4.50. The number of nitrogens with zero attached hydrogens (tertiary/aromatic N) is 4. The van der Waals surface area contributed by atoms with E-state index in [1.807, 2.05) is 0 Å². The number of alkyl halides is 3. The molecule has 0 saturated carbocycles. The average molecular weight is 402 g/mol. The molecule has 0 radical (unpaired) electrons. The Labute approximate surface area is 164 Å². The third-order valence-electron chi connectivity index (χ3n) is 4.48. The lowest BCUT2D eigenvalue weighted by atomic mass is 9.96. The van der Waals surface area contributed by atoms with E-state index in [9.17, 15) is 13.2 Å². The summed E-state index contributed by atoms with van der Waals surface area (Å²) in [4.78, 5) is 12.5. The summed E-state index contributed by atoms with van der Waals surface area (Å²) >= 11 is 0. The highest BCUT2D eigenvalue weighted by atomic mass is 19.4. The zero-order valence-corrected chi connectivity index (χ0v) is 15.6. The molecular formula is C19H17F3N6O. The fourth-order valence-electron chi connectivity index (χ4n) is 3.21. The van der Waals surface area contributed by atoms with E-state index < -0.39 is 11.9 Å². The average Bonchev–Trinajstić information content (AvgIpc) is 3.17. The molecule has 0 saturated heterocycles. The van der Waals surface area contributed by atoms with E-state index in [1.54, 1.807) is 37.4 Å². The van der Waals surface area contributed by atoms with Crippen LogP contribution in [0.15, 0.2) is 46.4 Å². The van der Waals surface area contributed by atoms with E-state index in [1.165, 1.54) is 11.9 Å². The van der Waals surface area contributed by atoms with E-state index in [2.05, 4.69) is 20.4 Å². The first-order chi connectivity index (χ1) is 13.8. The number of aryl methyl sites for hydroxylation is 1. The van der Waals surface area contributed by atoms with Crippen molar-refractivity contribution in [2.45, 2.75) is 13.1 Å². The molecular weight excluding hydrogens is 385 g/mol. The van der Waals surface area contributed by atoms with Gasteiger partial charge in [-0.2, -0.15) is 13.2 Å². The summed E-state index contributed by atoms with van der Waals surface area (Å²) in [5.41, 5.74) is 10.1. The molecule has 1 aromatic heterocycles. The SMILES string of the molecule is COc1ccc(C2=C(c3cc(C)nc(C(F)(F)F)c3)C3=NCNN3C(N)=N2)cc1. The van der Waals surface area contributed by atoms with Gasteiger partial charge in [0, 0.05) is 11.3 Å². The lowest BCUT2D eigenvalue weighted by molar-refractivity contribution is -0.141. The van der Waals surface area contributed by atoms with Gasteiger partial charge in [0.2, 0.25) is 5.96 Å². The van der Waals surface area contributed by atoms with Gasteiger partial charge in [-0.3, -0.25) is 0 Å². The van der Waals surface area contributed by atoms with Crippen LogP contribution in [0.1, 0.15) is 22.5 Å². The van der Waals surface area contributed by atoms with E-state index in [-0.39, 0.29) is 18.3 Å². The Hall–Kier alpha value is -3.40. The van der Waals surface area contributed by atoms with Crippen LogP contribution in [0.4, 0.5) is 13.2 Å². The number of nitrogens with one attached hydrogen (secondary N) is 1. The Morgan fingerprint density at radius 1 is 1.14 bits per heavy atom. The predicted octanol–water partition coefficient (Wildman–Crippen LogP) is 2.79. The Morgan fingerprint density at radius 3 is 2.52 bits per heavy atom. The number of ether oxygens (including phenoxy) is 1. The van der Waals surface area contributed by atoms with Gasteiger partial charge in [-0.05, 0) is 48.9 Å². The number of nitrogens with two attached hydrogens (primary N) is 1. The summed E-state index contributed by atoms with van der Waals surface area (Å²) in [7, 11) is 1.55. The highest BCUT2D eigenvalue weighted by Crippen LogP contribution is 2.36. The first-order valence-electron chi connectivity index (χ1n) is 8.65. The van der Waals surface area contributed by atoms with Crippen LogP contribution in [-0.2, 0) is 6.18 Å². The Bertz CT molecular complexity index is 1060. The van der Waals surface area contributed by atoms with Crippen molar-refractivity contribution in [2.24, 2.45) is 15.7 Å². The number of pyridine rings is 1. The summed E-state index contributed by atoms with van der Waals surface area (Å²) in [6.07, 6.45) is -4.58. The summed E-state index contributed by atoms with van der Waals surface area (Å²) in [6, 6.07) is 9.59. The highest BCUT2D eigenvalue weighted by Gasteiger charge is 2.36. The molecule has 0 bridgehead atoms. The molecule has 10 heteroatoms. The minimum absolute atomic E-state index is 0.151. The second-order valence-electron chi connectivity index (χ2n) is 6.44. The number of amidine groups is 1. The summed E-state index contributed by atoms with van der Waals surface area (Å²) in [5.74, 6) is 1.20. The van der Waals surface area contributed by atoms with Crippen molar-refractivity contribution >= 4 is 23.1 Å². The fourth-order valence-corrected chi connectivity index (χ4v) is 3.21. The summed E-state index contributed by atoms with van der Waals surface area (Å²) in [5, 5.41) is 1.46. The number of aromatic nitrogens is 1. The lowest BCUT2D eigenvalue weighted by Crippen LogP contribution is -2.48. The van der Waals surface area contributed by atoms with E-state index in [4.69, 9.17) is 10.5 Å². The van der Waals surface area contributed by atoms with Crippen LogP contribution in [0.2, 0.25) is 0 Å². The van der Waals surface area contributed by atoms with Gasteiger partial charge in [0.05, 0.1) is 18.4 Å². The van der Waals surface area contributed by atoms with Crippen LogP contribution in [0.3, 0.4) is 0 Å². The molecule has 7 nitrogen and oxygen atoms in total. The van der Waals surface area contributed by atoms with Crippen molar-refractivity contribution < 1.29 is 17.9 Å².